The number of pyridine rings is 1. The van der Waals surface area contributed by atoms with Gasteiger partial charge in [0, 0.05) is 12.2 Å². The Labute approximate surface area is 211 Å². The first kappa shape index (κ1) is 23.9. The number of hydrogen-bond acceptors (Lipinski definition) is 6. The zero-order valence-electron chi connectivity index (χ0n) is 20.3. The molecule has 4 heterocycles. The molecule has 0 amide bonds. The third-order valence-corrected chi connectivity index (χ3v) is 7.38. The summed E-state index contributed by atoms with van der Waals surface area (Å²) in [6, 6.07) is 7.35. The van der Waals surface area contributed by atoms with E-state index in [1.165, 1.54) is 10.6 Å². The van der Waals surface area contributed by atoms with Gasteiger partial charge in [0.25, 0.3) is 0 Å². The third-order valence-electron chi connectivity index (χ3n) is 7.38. The Morgan fingerprint density at radius 2 is 1.86 bits per heavy atom. The molecule has 1 aromatic carbocycles. The second-order valence-electron chi connectivity index (χ2n) is 10.3. The molecule has 2 aliphatic rings. The summed E-state index contributed by atoms with van der Waals surface area (Å²) in [5.41, 5.74) is 6.59. The number of fused-ring (bicyclic) bond motifs is 1. The van der Waals surface area contributed by atoms with Crippen molar-refractivity contribution in [3.8, 4) is 11.3 Å². The van der Waals surface area contributed by atoms with Crippen LogP contribution in [0.25, 0.3) is 16.8 Å². The van der Waals surface area contributed by atoms with E-state index in [0.29, 0.717) is 17.4 Å². The van der Waals surface area contributed by atoms with Crippen LogP contribution < -0.4 is 11.1 Å². The highest BCUT2D eigenvalue weighted by molar-refractivity contribution is 5.66. The summed E-state index contributed by atoms with van der Waals surface area (Å²) >= 11 is 0. The van der Waals surface area contributed by atoms with Crippen molar-refractivity contribution in [1.29, 1.82) is 0 Å². The fourth-order valence-electron chi connectivity index (χ4n) is 5.52. The minimum atomic E-state index is -1.87. The van der Waals surface area contributed by atoms with Gasteiger partial charge in [-0.3, -0.25) is 4.98 Å². The molecule has 4 aromatic rings. The molecule has 3 aromatic heterocycles. The number of nitrogens with two attached hydrogens (primary N) is 1. The van der Waals surface area contributed by atoms with Crippen LogP contribution in [0.5, 0.6) is 0 Å². The molecule has 0 radical (unpaired) electrons. The molecule has 6 rings (SSSR count). The van der Waals surface area contributed by atoms with Crippen LogP contribution in [0.15, 0.2) is 48.9 Å². The smallest absolute Gasteiger partial charge is 0.229 e. The minimum absolute atomic E-state index is 0.0614. The average Bonchev–Trinajstić information content (AvgIpc) is 3.24. The molecule has 3 N–H and O–H groups in total. The number of rotatable bonds is 5. The molecule has 37 heavy (non-hydrogen) atoms. The first-order chi connectivity index (χ1) is 17.8. The summed E-state index contributed by atoms with van der Waals surface area (Å²) in [6.07, 6.45) is 8.04. The number of nitrogens with one attached hydrogen (secondary N) is 1. The summed E-state index contributed by atoms with van der Waals surface area (Å²) in [7, 11) is 0. The first-order valence-electron chi connectivity index (χ1n) is 12.4. The van der Waals surface area contributed by atoms with Crippen molar-refractivity contribution in [2.75, 3.05) is 18.5 Å². The van der Waals surface area contributed by atoms with Gasteiger partial charge >= 0.3 is 0 Å². The Bertz CT molecular complexity index is 1440. The monoisotopic (exact) mass is 508 g/mol. The molecule has 1 aliphatic heterocycles. The van der Waals surface area contributed by atoms with Gasteiger partial charge in [-0.05, 0) is 72.6 Å². The van der Waals surface area contributed by atoms with Crippen molar-refractivity contribution in [2.45, 2.75) is 43.8 Å². The molecule has 192 valence electrons. The van der Waals surface area contributed by atoms with Gasteiger partial charge in [0.2, 0.25) is 5.95 Å². The number of aromatic nitrogens is 4. The Hall–Kier alpha value is -3.50. The third kappa shape index (κ3) is 4.34. The van der Waals surface area contributed by atoms with E-state index in [-0.39, 0.29) is 42.0 Å². The fraction of sp³-hybridized carbons (Fsp3) is 0.370. The van der Waals surface area contributed by atoms with Gasteiger partial charge in [-0.2, -0.15) is 9.61 Å². The minimum Gasteiger partial charge on any atom is -0.374 e. The van der Waals surface area contributed by atoms with E-state index in [2.05, 4.69) is 27.3 Å². The summed E-state index contributed by atoms with van der Waals surface area (Å²) in [6.45, 7) is 1.77. The molecule has 0 bridgehead atoms. The van der Waals surface area contributed by atoms with Gasteiger partial charge in [0.15, 0.2) is 5.67 Å². The van der Waals surface area contributed by atoms with Crippen LogP contribution in [0, 0.1) is 17.6 Å². The molecule has 3 atom stereocenters. The van der Waals surface area contributed by atoms with Crippen molar-refractivity contribution in [3.63, 3.8) is 0 Å². The first-order valence-corrected chi connectivity index (χ1v) is 12.4. The Morgan fingerprint density at radius 3 is 2.57 bits per heavy atom. The van der Waals surface area contributed by atoms with Gasteiger partial charge in [-0.1, -0.05) is 6.92 Å². The van der Waals surface area contributed by atoms with Gasteiger partial charge in [-0.25, -0.2) is 18.2 Å². The Balaban J connectivity index is 1.35. The topological polar surface area (TPSA) is 90.4 Å². The number of benzene rings is 1. The van der Waals surface area contributed by atoms with E-state index in [1.807, 2.05) is 6.07 Å². The quantitative estimate of drug-likeness (QED) is 0.383. The number of hydrogen-bond donors (Lipinski definition) is 2. The molecule has 0 unspecified atom stereocenters. The zero-order valence-corrected chi connectivity index (χ0v) is 20.3. The lowest BCUT2D eigenvalue weighted by atomic mass is 9.76. The van der Waals surface area contributed by atoms with Gasteiger partial charge in [-0.15, -0.1) is 0 Å². The van der Waals surface area contributed by atoms with Crippen LogP contribution >= 0.6 is 0 Å². The predicted molar refractivity (Wildman–Crippen MR) is 133 cm³/mol. The lowest BCUT2D eigenvalue weighted by Crippen LogP contribution is -2.42. The molecular formula is C27H27F3N6O. The highest BCUT2D eigenvalue weighted by Crippen LogP contribution is 2.39. The van der Waals surface area contributed by atoms with Crippen LogP contribution in [0.2, 0.25) is 0 Å². The number of nitrogens with zero attached hydrogens (tertiary/aromatic N) is 4. The molecule has 1 aliphatic carbocycles. The van der Waals surface area contributed by atoms with Crippen LogP contribution in [0.3, 0.4) is 0 Å². The fourth-order valence-corrected chi connectivity index (χ4v) is 5.52. The summed E-state index contributed by atoms with van der Waals surface area (Å²) in [5, 5.41) is 7.78. The Morgan fingerprint density at radius 1 is 1.08 bits per heavy atom. The highest BCUT2D eigenvalue weighted by atomic mass is 19.1. The van der Waals surface area contributed by atoms with Gasteiger partial charge < -0.3 is 15.8 Å². The van der Waals surface area contributed by atoms with Crippen molar-refractivity contribution in [2.24, 2.45) is 11.7 Å². The van der Waals surface area contributed by atoms with Gasteiger partial charge in [0.1, 0.15) is 11.6 Å². The van der Waals surface area contributed by atoms with E-state index < -0.39 is 17.3 Å². The van der Waals surface area contributed by atoms with E-state index >= 15 is 8.78 Å². The summed E-state index contributed by atoms with van der Waals surface area (Å²) < 4.78 is 51.1. The maximum absolute atomic E-state index is 15.0. The van der Waals surface area contributed by atoms with Crippen molar-refractivity contribution >= 4 is 17.2 Å². The highest BCUT2D eigenvalue weighted by Gasteiger charge is 2.41. The largest absolute Gasteiger partial charge is 0.374 e. The zero-order chi connectivity index (χ0) is 25.7. The van der Waals surface area contributed by atoms with Crippen LogP contribution in [-0.4, -0.2) is 38.8 Å². The van der Waals surface area contributed by atoms with Crippen LogP contribution in [-0.2, 0) is 10.4 Å². The maximum atomic E-state index is 15.0. The second-order valence-corrected chi connectivity index (χ2v) is 10.3. The van der Waals surface area contributed by atoms with Crippen molar-refractivity contribution < 1.29 is 17.9 Å². The number of anilines is 2. The Kier molecular flexibility index (Phi) is 5.88. The molecule has 2 fully saturated rings. The molecule has 1 saturated heterocycles. The summed E-state index contributed by atoms with van der Waals surface area (Å²) in [5.74, 6) is -0.603. The van der Waals surface area contributed by atoms with E-state index in [1.54, 1.807) is 24.7 Å². The van der Waals surface area contributed by atoms with Crippen molar-refractivity contribution in [3.05, 3.63) is 71.7 Å². The van der Waals surface area contributed by atoms with Gasteiger partial charge in [0.05, 0.1) is 48.1 Å². The number of halogens is 3. The summed E-state index contributed by atoms with van der Waals surface area (Å²) in [4.78, 5) is 8.71. The number of alkyl halides is 1. The predicted octanol–water partition coefficient (Wildman–Crippen LogP) is 5.24. The lowest BCUT2D eigenvalue weighted by Gasteiger charge is -2.34. The van der Waals surface area contributed by atoms with E-state index in [4.69, 9.17) is 10.5 Å². The molecule has 0 spiro atoms. The number of imidazole rings is 1. The standard InChI is InChI=1S/C27H27F3N6O/c1-15-6-16(8-18(31)7-15)20-4-5-32-12-24(20)34-26-33-11-19-2-3-23(35-36(19)26)25-21(28)9-17(10-22(25)29)27(30)13-37-14-27/h2-5,9-12,15-16,18H,6-8,13-14,31H2,1H3,(H,33,34)/t15-,16+,18-/m0/s1. The van der Waals surface area contributed by atoms with E-state index in [0.717, 1.165) is 42.6 Å². The molecule has 1 saturated carbocycles. The van der Waals surface area contributed by atoms with Crippen molar-refractivity contribution in [1.82, 2.24) is 19.6 Å². The molecular weight excluding hydrogens is 481 g/mol. The normalized spacial score (nSPS) is 23.1. The molecule has 10 heteroatoms. The SMILES string of the molecule is C[C@@H]1C[C@H](N)C[C@H](c2ccncc2Nc2ncc3ccc(-c4c(F)cc(C5(F)COC5)cc4F)nn23)C1. The maximum Gasteiger partial charge on any atom is 0.229 e. The second kappa shape index (κ2) is 9.11. The number of ether oxygens (including phenoxy) is 1. The lowest BCUT2D eigenvalue weighted by molar-refractivity contribution is -0.135. The molecule has 7 nitrogen and oxygen atoms in total. The van der Waals surface area contributed by atoms with Crippen LogP contribution in [0.4, 0.5) is 24.8 Å². The van der Waals surface area contributed by atoms with E-state index in [9.17, 15) is 4.39 Å². The van der Waals surface area contributed by atoms with Crippen LogP contribution in [0.1, 0.15) is 43.2 Å². The average molecular weight is 509 g/mol.